The number of nitrogens with zero attached hydrogens (tertiary/aromatic N) is 2. The second-order valence-electron chi connectivity index (χ2n) is 8.02. The fourth-order valence-electron chi connectivity index (χ4n) is 2.67. The quantitative estimate of drug-likeness (QED) is 0.547. The molecule has 1 aromatic heterocycles. The van der Waals surface area contributed by atoms with Crippen molar-refractivity contribution in [2.45, 2.75) is 32.7 Å². The second-order valence-corrected chi connectivity index (χ2v) is 9.69. The number of hydrogen-bond acceptors (Lipinski definition) is 6. The number of hydrogen-bond donors (Lipinski definition) is 2. The Balaban J connectivity index is 2.01. The number of thiazole rings is 1. The van der Waals surface area contributed by atoms with E-state index in [1.807, 2.05) is 20.8 Å². The standard InChI is InChI=1S/C21H26Cl2N4O4S/c1-21(2,3)26-17(28)10-14-12-32-20(24-14)25-18(29)11-27(7-8-31-4)19(30)13-5-6-15(22)16(23)9-13/h5-6,9,12H,7-8,10-11H2,1-4H3,(H,26,28)(H,24,25,29). The van der Waals surface area contributed by atoms with Gasteiger partial charge in [0.2, 0.25) is 11.8 Å². The summed E-state index contributed by atoms with van der Waals surface area (Å²) in [5, 5.41) is 8.18. The molecule has 0 unspecified atom stereocenters. The molecule has 32 heavy (non-hydrogen) atoms. The van der Waals surface area contributed by atoms with Gasteiger partial charge in [-0.2, -0.15) is 0 Å². The average molecular weight is 501 g/mol. The normalized spacial score (nSPS) is 11.2. The van der Waals surface area contributed by atoms with Gasteiger partial charge in [-0.1, -0.05) is 23.2 Å². The van der Waals surface area contributed by atoms with Crippen molar-refractivity contribution in [2.24, 2.45) is 0 Å². The SMILES string of the molecule is COCCN(CC(=O)Nc1nc(CC(=O)NC(C)(C)C)cs1)C(=O)c1ccc(Cl)c(Cl)c1. The van der Waals surface area contributed by atoms with E-state index in [4.69, 9.17) is 27.9 Å². The van der Waals surface area contributed by atoms with E-state index in [1.165, 1.54) is 35.5 Å². The zero-order chi connectivity index (χ0) is 23.9. The van der Waals surface area contributed by atoms with Crippen LogP contribution in [-0.2, 0) is 20.7 Å². The van der Waals surface area contributed by atoms with Crippen LogP contribution < -0.4 is 10.6 Å². The Morgan fingerprint density at radius 1 is 1.16 bits per heavy atom. The van der Waals surface area contributed by atoms with Crippen LogP contribution in [0.1, 0.15) is 36.8 Å². The first-order valence-electron chi connectivity index (χ1n) is 9.77. The molecule has 0 saturated carbocycles. The van der Waals surface area contributed by atoms with E-state index < -0.39 is 5.91 Å². The zero-order valence-electron chi connectivity index (χ0n) is 18.3. The molecule has 1 heterocycles. The second kappa shape index (κ2) is 11.6. The van der Waals surface area contributed by atoms with Crippen LogP contribution in [0.15, 0.2) is 23.6 Å². The third kappa shape index (κ3) is 8.38. The fraction of sp³-hybridized carbons (Fsp3) is 0.429. The summed E-state index contributed by atoms with van der Waals surface area (Å²) < 4.78 is 5.05. The number of aromatic nitrogens is 1. The summed E-state index contributed by atoms with van der Waals surface area (Å²) in [5.41, 5.74) is 0.524. The van der Waals surface area contributed by atoms with Crippen molar-refractivity contribution >= 4 is 57.4 Å². The molecular weight excluding hydrogens is 475 g/mol. The van der Waals surface area contributed by atoms with Gasteiger partial charge in [0.15, 0.2) is 5.13 Å². The summed E-state index contributed by atoms with van der Waals surface area (Å²) in [5.74, 6) is -0.956. The number of anilines is 1. The molecule has 0 radical (unpaired) electrons. The monoisotopic (exact) mass is 500 g/mol. The van der Waals surface area contributed by atoms with Gasteiger partial charge in [0.25, 0.3) is 5.91 Å². The Labute approximate surface area is 201 Å². The van der Waals surface area contributed by atoms with E-state index in [0.717, 1.165) is 0 Å². The number of nitrogens with one attached hydrogen (secondary N) is 2. The summed E-state index contributed by atoms with van der Waals surface area (Å²) in [6.07, 6.45) is 0.111. The number of amides is 3. The molecule has 2 aromatic rings. The summed E-state index contributed by atoms with van der Waals surface area (Å²) >= 11 is 13.1. The minimum absolute atomic E-state index is 0.111. The maximum absolute atomic E-state index is 12.9. The van der Waals surface area contributed by atoms with Gasteiger partial charge in [-0.25, -0.2) is 4.98 Å². The smallest absolute Gasteiger partial charge is 0.254 e. The van der Waals surface area contributed by atoms with E-state index in [2.05, 4.69) is 15.6 Å². The van der Waals surface area contributed by atoms with Gasteiger partial charge in [0, 0.05) is 30.1 Å². The molecule has 0 fully saturated rings. The lowest BCUT2D eigenvalue weighted by atomic mass is 10.1. The lowest BCUT2D eigenvalue weighted by molar-refractivity contribution is -0.122. The van der Waals surface area contributed by atoms with Crippen molar-refractivity contribution in [3.05, 3.63) is 44.9 Å². The van der Waals surface area contributed by atoms with Crippen LogP contribution in [0.2, 0.25) is 10.0 Å². The number of halogens is 2. The first kappa shape index (κ1) is 26.1. The summed E-state index contributed by atoms with van der Waals surface area (Å²) in [4.78, 5) is 43.1. The van der Waals surface area contributed by atoms with E-state index in [-0.39, 0.29) is 48.5 Å². The molecule has 3 amide bonds. The molecule has 8 nitrogen and oxygen atoms in total. The molecule has 0 aliphatic carbocycles. The molecule has 0 bridgehead atoms. The molecule has 11 heteroatoms. The topological polar surface area (TPSA) is 101 Å². The highest BCUT2D eigenvalue weighted by molar-refractivity contribution is 7.13. The maximum atomic E-state index is 12.9. The maximum Gasteiger partial charge on any atom is 0.254 e. The molecular formula is C21H26Cl2N4O4S. The predicted molar refractivity (Wildman–Crippen MR) is 127 cm³/mol. The van der Waals surface area contributed by atoms with Crippen molar-refractivity contribution in [2.75, 3.05) is 32.1 Å². The Hall–Kier alpha value is -2.20. The summed E-state index contributed by atoms with van der Waals surface area (Å²) in [6.45, 7) is 5.94. The third-order valence-corrected chi connectivity index (χ3v) is 5.55. The van der Waals surface area contributed by atoms with Crippen LogP contribution in [-0.4, -0.2) is 60.0 Å². The zero-order valence-corrected chi connectivity index (χ0v) is 20.7. The highest BCUT2D eigenvalue weighted by atomic mass is 35.5. The van der Waals surface area contributed by atoms with Crippen LogP contribution in [0.4, 0.5) is 5.13 Å². The molecule has 174 valence electrons. The van der Waals surface area contributed by atoms with Crippen LogP contribution in [0.25, 0.3) is 0 Å². The van der Waals surface area contributed by atoms with Crippen LogP contribution in [0.5, 0.6) is 0 Å². The Bertz CT molecular complexity index is 975. The Morgan fingerprint density at radius 2 is 1.88 bits per heavy atom. The Morgan fingerprint density at radius 3 is 2.50 bits per heavy atom. The highest BCUT2D eigenvalue weighted by Gasteiger charge is 2.21. The molecule has 2 rings (SSSR count). The minimum Gasteiger partial charge on any atom is -0.383 e. The van der Waals surface area contributed by atoms with Gasteiger partial charge < -0.3 is 20.3 Å². The van der Waals surface area contributed by atoms with Crippen molar-refractivity contribution in [1.82, 2.24) is 15.2 Å². The number of benzene rings is 1. The van der Waals surface area contributed by atoms with Gasteiger partial charge in [-0.3, -0.25) is 14.4 Å². The molecule has 0 atom stereocenters. The van der Waals surface area contributed by atoms with Crippen molar-refractivity contribution in [1.29, 1.82) is 0 Å². The molecule has 1 aromatic carbocycles. The first-order valence-corrected chi connectivity index (χ1v) is 11.4. The number of methoxy groups -OCH3 is 1. The molecule has 2 N–H and O–H groups in total. The first-order chi connectivity index (χ1) is 15.0. The van der Waals surface area contributed by atoms with Crippen molar-refractivity contribution < 1.29 is 19.1 Å². The molecule has 0 saturated heterocycles. The third-order valence-electron chi connectivity index (χ3n) is 4.01. The molecule has 0 aliphatic rings. The van der Waals surface area contributed by atoms with Gasteiger partial charge in [0.1, 0.15) is 6.54 Å². The van der Waals surface area contributed by atoms with Gasteiger partial charge in [0.05, 0.1) is 28.8 Å². The fourth-order valence-corrected chi connectivity index (χ4v) is 3.69. The van der Waals surface area contributed by atoms with Crippen LogP contribution in [0.3, 0.4) is 0 Å². The van der Waals surface area contributed by atoms with E-state index in [0.29, 0.717) is 21.4 Å². The Kier molecular flexibility index (Phi) is 9.45. The van der Waals surface area contributed by atoms with E-state index in [9.17, 15) is 14.4 Å². The minimum atomic E-state index is -0.422. The largest absolute Gasteiger partial charge is 0.383 e. The number of rotatable bonds is 9. The summed E-state index contributed by atoms with van der Waals surface area (Å²) in [6, 6.07) is 4.53. The van der Waals surface area contributed by atoms with Gasteiger partial charge >= 0.3 is 0 Å². The van der Waals surface area contributed by atoms with Crippen molar-refractivity contribution in [3.8, 4) is 0 Å². The number of ether oxygens (including phenoxy) is 1. The molecule has 0 spiro atoms. The van der Waals surface area contributed by atoms with Crippen LogP contribution >= 0.6 is 34.5 Å². The van der Waals surface area contributed by atoms with Crippen molar-refractivity contribution in [3.63, 3.8) is 0 Å². The number of carbonyl (C=O) groups excluding carboxylic acids is 3. The van der Waals surface area contributed by atoms with E-state index >= 15 is 0 Å². The highest BCUT2D eigenvalue weighted by Crippen LogP contribution is 2.23. The number of carbonyl (C=O) groups is 3. The lowest BCUT2D eigenvalue weighted by Gasteiger charge is -2.22. The summed E-state index contributed by atoms with van der Waals surface area (Å²) in [7, 11) is 1.51. The predicted octanol–water partition coefficient (Wildman–Crippen LogP) is 3.63. The molecule has 0 aliphatic heterocycles. The van der Waals surface area contributed by atoms with Gasteiger partial charge in [-0.15, -0.1) is 11.3 Å². The van der Waals surface area contributed by atoms with Gasteiger partial charge in [-0.05, 0) is 39.0 Å². The average Bonchev–Trinajstić information content (AvgIpc) is 3.11. The lowest BCUT2D eigenvalue weighted by Crippen LogP contribution is -2.41. The van der Waals surface area contributed by atoms with E-state index in [1.54, 1.807) is 11.4 Å². The van der Waals surface area contributed by atoms with Crippen LogP contribution in [0, 0.1) is 0 Å².